The van der Waals surface area contributed by atoms with Gasteiger partial charge >= 0.3 is 18.2 Å². The summed E-state index contributed by atoms with van der Waals surface area (Å²) >= 11 is 0. The first kappa shape index (κ1) is 17.7. The van der Waals surface area contributed by atoms with Crippen LogP contribution < -0.4 is 5.73 Å². The van der Waals surface area contributed by atoms with Crippen molar-refractivity contribution in [2.45, 2.75) is 25.6 Å². The van der Waals surface area contributed by atoms with Gasteiger partial charge in [-0.2, -0.15) is 13.2 Å². The van der Waals surface area contributed by atoms with Gasteiger partial charge in [0.1, 0.15) is 6.10 Å². The fourth-order valence-corrected chi connectivity index (χ4v) is 1.10. The zero-order valence-electron chi connectivity index (χ0n) is 10.4. The van der Waals surface area contributed by atoms with Crippen LogP contribution in [0.1, 0.15) is 12.6 Å². The lowest BCUT2D eigenvalue weighted by Crippen LogP contribution is -2.29. The standard InChI is InChI=1S/C10H10F3NO2.CH3NO2/c1-7(16-9(15)10(11,12)13)6-8-4-2-3-5-14-8;2-1(3)4/h2-5,7H,6H2,1H3;2H2,(H,3,4). The third-order valence-corrected chi connectivity index (χ3v) is 1.76. The van der Waals surface area contributed by atoms with E-state index in [2.05, 4.69) is 15.5 Å². The van der Waals surface area contributed by atoms with E-state index in [-0.39, 0.29) is 6.42 Å². The molecule has 0 saturated heterocycles. The summed E-state index contributed by atoms with van der Waals surface area (Å²) in [6.45, 7) is 1.39. The fraction of sp³-hybridized carbons (Fsp3) is 0.364. The second-order valence-electron chi connectivity index (χ2n) is 3.58. The maximum Gasteiger partial charge on any atom is 0.490 e. The van der Waals surface area contributed by atoms with Crippen molar-refractivity contribution in [1.82, 2.24) is 4.98 Å². The van der Waals surface area contributed by atoms with Gasteiger partial charge in [-0.3, -0.25) is 4.98 Å². The number of amides is 1. The lowest BCUT2D eigenvalue weighted by molar-refractivity contribution is -0.204. The number of nitrogens with zero attached hydrogens (tertiary/aromatic N) is 1. The number of hydrogen-bond donors (Lipinski definition) is 2. The summed E-state index contributed by atoms with van der Waals surface area (Å²) in [5.41, 5.74) is 4.60. The number of ether oxygens (including phenoxy) is 1. The first-order chi connectivity index (χ1) is 9.12. The van der Waals surface area contributed by atoms with Crippen molar-refractivity contribution >= 4 is 12.1 Å². The number of carboxylic acid groups (broad SMARTS) is 1. The van der Waals surface area contributed by atoms with Crippen LogP contribution >= 0.6 is 0 Å². The number of carbonyl (C=O) groups is 2. The zero-order valence-corrected chi connectivity index (χ0v) is 10.4. The molecule has 0 radical (unpaired) electrons. The highest BCUT2D eigenvalue weighted by atomic mass is 19.4. The number of hydrogen-bond acceptors (Lipinski definition) is 4. The van der Waals surface area contributed by atoms with Crippen molar-refractivity contribution in [3.8, 4) is 0 Å². The molecule has 3 N–H and O–H groups in total. The van der Waals surface area contributed by atoms with Gasteiger partial charge in [0, 0.05) is 18.3 Å². The number of esters is 1. The second kappa shape index (κ2) is 7.97. The SMILES string of the molecule is CC(Cc1ccccn1)OC(=O)C(F)(F)F.NC(=O)O. The van der Waals surface area contributed by atoms with E-state index in [1.54, 1.807) is 18.2 Å². The summed E-state index contributed by atoms with van der Waals surface area (Å²) in [5.74, 6) is -2.17. The molecule has 1 heterocycles. The predicted octanol–water partition coefficient (Wildman–Crippen LogP) is 1.74. The molecule has 1 rings (SSSR count). The Kier molecular flexibility index (Phi) is 7.05. The monoisotopic (exact) mass is 294 g/mol. The minimum atomic E-state index is -4.95. The van der Waals surface area contributed by atoms with E-state index >= 15 is 0 Å². The average molecular weight is 294 g/mol. The van der Waals surface area contributed by atoms with Crippen LogP contribution in [0, 0.1) is 0 Å². The molecular weight excluding hydrogens is 281 g/mol. The number of nitrogens with two attached hydrogens (primary N) is 1. The quantitative estimate of drug-likeness (QED) is 0.827. The molecule has 0 aliphatic carbocycles. The summed E-state index contributed by atoms with van der Waals surface area (Å²) in [7, 11) is 0. The molecule has 9 heteroatoms. The molecule has 0 bridgehead atoms. The van der Waals surface area contributed by atoms with E-state index < -0.39 is 24.3 Å². The first-order valence-electron chi connectivity index (χ1n) is 5.29. The third-order valence-electron chi connectivity index (χ3n) is 1.76. The van der Waals surface area contributed by atoms with Crippen LogP contribution in [-0.4, -0.2) is 34.4 Å². The van der Waals surface area contributed by atoms with Crippen molar-refractivity contribution in [2.24, 2.45) is 5.73 Å². The second-order valence-corrected chi connectivity index (χ2v) is 3.58. The number of carbonyl (C=O) groups excluding carboxylic acids is 1. The van der Waals surface area contributed by atoms with Crippen LogP contribution in [0.2, 0.25) is 0 Å². The molecule has 0 spiro atoms. The number of pyridine rings is 1. The highest BCUT2D eigenvalue weighted by molar-refractivity contribution is 5.75. The minimum absolute atomic E-state index is 0.155. The van der Waals surface area contributed by atoms with Crippen molar-refractivity contribution in [3.05, 3.63) is 30.1 Å². The maximum atomic E-state index is 11.9. The lowest BCUT2D eigenvalue weighted by Gasteiger charge is -2.13. The largest absolute Gasteiger partial charge is 0.490 e. The normalized spacial score (nSPS) is 11.8. The van der Waals surface area contributed by atoms with Crippen molar-refractivity contribution in [2.75, 3.05) is 0 Å². The number of halogens is 3. The van der Waals surface area contributed by atoms with Crippen molar-refractivity contribution in [1.29, 1.82) is 0 Å². The van der Waals surface area contributed by atoms with E-state index in [1.807, 2.05) is 0 Å². The molecule has 1 atom stereocenters. The van der Waals surface area contributed by atoms with Crippen LogP contribution in [0.15, 0.2) is 24.4 Å². The maximum absolute atomic E-state index is 11.9. The Morgan fingerprint density at radius 2 is 2.00 bits per heavy atom. The molecule has 6 nitrogen and oxygen atoms in total. The first-order valence-corrected chi connectivity index (χ1v) is 5.29. The van der Waals surface area contributed by atoms with Crippen LogP contribution in [-0.2, 0) is 16.0 Å². The van der Waals surface area contributed by atoms with Gasteiger partial charge in [-0.05, 0) is 19.1 Å². The van der Waals surface area contributed by atoms with E-state index in [0.29, 0.717) is 5.69 Å². The topological polar surface area (TPSA) is 103 Å². The van der Waals surface area contributed by atoms with E-state index in [9.17, 15) is 18.0 Å². The zero-order chi connectivity index (χ0) is 15.8. The molecule has 1 aromatic rings. The number of rotatable bonds is 3. The van der Waals surface area contributed by atoms with E-state index in [1.165, 1.54) is 13.1 Å². The molecule has 0 saturated carbocycles. The summed E-state index contributed by atoms with van der Waals surface area (Å²) in [5, 5.41) is 7.19. The summed E-state index contributed by atoms with van der Waals surface area (Å²) in [6.07, 6.45) is -5.46. The molecular formula is C11H13F3N2O4. The number of alkyl halides is 3. The molecule has 112 valence electrons. The smallest absolute Gasteiger partial charge is 0.465 e. The lowest BCUT2D eigenvalue weighted by atomic mass is 10.2. The molecule has 1 aromatic heterocycles. The average Bonchev–Trinajstić information content (AvgIpc) is 2.27. The summed E-state index contributed by atoms with van der Waals surface area (Å²) < 4.78 is 39.8. The fourth-order valence-electron chi connectivity index (χ4n) is 1.10. The van der Waals surface area contributed by atoms with Gasteiger partial charge in [0.2, 0.25) is 0 Å². The van der Waals surface area contributed by atoms with Gasteiger partial charge in [-0.1, -0.05) is 6.07 Å². The van der Waals surface area contributed by atoms with E-state index in [0.717, 1.165) is 0 Å². The van der Waals surface area contributed by atoms with Gasteiger partial charge in [0.25, 0.3) is 0 Å². The van der Waals surface area contributed by atoms with Gasteiger partial charge in [-0.25, -0.2) is 9.59 Å². The Morgan fingerprint density at radius 3 is 2.40 bits per heavy atom. The third kappa shape index (κ3) is 8.72. The molecule has 1 amide bonds. The molecule has 0 aromatic carbocycles. The molecule has 0 aliphatic rings. The van der Waals surface area contributed by atoms with Gasteiger partial charge in [0.15, 0.2) is 0 Å². The highest BCUT2D eigenvalue weighted by Gasteiger charge is 2.41. The molecule has 1 unspecified atom stereocenters. The number of primary amides is 1. The van der Waals surface area contributed by atoms with Crippen LogP contribution in [0.5, 0.6) is 0 Å². The summed E-state index contributed by atoms with van der Waals surface area (Å²) in [4.78, 5) is 23.2. The Morgan fingerprint density at radius 1 is 1.45 bits per heavy atom. The van der Waals surface area contributed by atoms with E-state index in [4.69, 9.17) is 9.90 Å². The van der Waals surface area contributed by atoms with Crippen LogP contribution in [0.3, 0.4) is 0 Å². The predicted molar refractivity (Wildman–Crippen MR) is 61.8 cm³/mol. The van der Waals surface area contributed by atoms with Crippen LogP contribution in [0.4, 0.5) is 18.0 Å². The Hall–Kier alpha value is -2.32. The molecule has 0 aliphatic heterocycles. The number of aromatic nitrogens is 1. The Bertz CT molecular complexity index is 433. The van der Waals surface area contributed by atoms with Gasteiger partial charge in [-0.15, -0.1) is 0 Å². The minimum Gasteiger partial charge on any atom is -0.465 e. The summed E-state index contributed by atoms with van der Waals surface area (Å²) in [6, 6.07) is 5.05. The highest BCUT2D eigenvalue weighted by Crippen LogP contribution is 2.18. The van der Waals surface area contributed by atoms with Crippen molar-refractivity contribution < 1.29 is 32.6 Å². The van der Waals surface area contributed by atoms with Crippen LogP contribution in [0.25, 0.3) is 0 Å². The Labute approximate surface area is 112 Å². The van der Waals surface area contributed by atoms with Gasteiger partial charge < -0.3 is 15.6 Å². The Balaban J connectivity index is 0.000000796. The van der Waals surface area contributed by atoms with Gasteiger partial charge in [0.05, 0.1) is 0 Å². The van der Waals surface area contributed by atoms with Crippen molar-refractivity contribution in [3.63, 3.8) is 0 Å². The molecule has 20 heavy (non-hydrogen) atoms. The molecule has 0 fully saturated rings.